The Balaban J connectivity index is 3.11. The summed E-state index contributed by atoms with van der Waals surface area (Å²) >= 11 is 5.56. The van der Waals surface area contributed by atoms with Crippen LogP contribution in [0.4, 0.5) is 4.39 Å². The van der Waals surface area contributed by atoms with Crippen LogP contribution in [0.15, 0.2) is 6.07 Å². The lowest BCUT2D eigenvalue weighted by Gasteiger charge is -2.08. The monoisotopic (exact) mass is 219 g/mol. The molecule has 78 valence electrons. The van der Waals surface area contributed by atoms with Gasteiger partial charge in [-0.15, -0.1) is 0 Å². The van der Waals surface area contributed by atoms with E-state index in [-0.39, 0.29) is 22.8 Å². The van der Waals surface area contributed by atoms with E-state index in [1.807, 2.05) is 0 Å². The third kappa shape index (κ3) is 2.08. The fourth-order valence-electron chi connectivity index (χ4n) is 1.16. The summed E-state index contributed by atoms with van der Waals surface area (Å²) in [6, 6.07) is 0.970. The summed E-state index contributed by atoms with van der Waals surface area (Å²) in [5, 5.41) is 18.4. The Kier molecular flexibility index (Phi) is 3.55. The standard InChI is InChI=1S/C9H11ClFNO2/c10-6-4-7(13)8(11)5(9(6)14)2-1-3-12/h4,13-14H,1-3,12H2. The van der Waals surface area contributed by atoms with Crippen molar-refractivity contribution < 1.29 is 14.6 Å². The SMILES string of the molecule is NCCCc1c(O)c(Cl)cc(O)c1F. The zero-order valence-electron chi connectivity index (χ0n) is 7.43. The molecule has 0 atom stereocenters. The number of hydrogen-bond donors (Lipinski definition) is 3. The molecule has 0 saturated carbocycles. The topological polar surface area (TPSA) is 66.5 Å². The fourth-order valence-corrected chi connectivity index (χ4v) is 1.38. The van der Waals surface area contributed by atoms with Crippen LogP contribution in [-0.4, -0.2) is 16.8 Å². The predicted octanol–water partition coefficient (Wildman–Crippen LogP) is 1.78. The largest absolute Gasteiger partial charge is 0.506 e. The molecule has 3 nitrogen and oxygen atoms in total. The Hall–Kier alpha value is -1.00. The van der Waals surface area contributed by atoms with Crippen molar-refractivity contribution in [1.29, 1.82) is 0 Å². The van der Waals surface area contributed by atoms with Crippen LogP contribution in [0.5, 0.6) is 11.5 Å². The Bertz CT molecular complexity index is 318. The molecule has 0 radical (unpaired) electrons. The van der Waals surface area contributed by atoms with Crippen molar-refractivity contribution in [2.45, 2.75) is 12.8 Å². The van der Waals surface area contributed by atoms with Crippen molar-refractivity contribution in [3.8, 4) is 11.5 Å². The lowest BCUT2D eigenvalue weighted by atomic mass is 10.1. The smallest absolute Gasteiger partial charge is 0.171 e. The molecule has 0 bridgehead atoms. The number of halogens is 2. The van der Waals surface area contributed by atoms with Gasteiger partial charge in [0.1, 0.15) is 5.75 Å². The number of nitrogens with two attached hydrogens (primary N) is 1. The van der Waals surface area contributed by atoms with E-state index >= 15 is 0 Å². The summed E-state index contributed by atoms with van der Waals surface area (Å²) in [5.74, 6) is -1.71. The normalized spacial score (nSPS) is 10.5. The van der Waals surface area contributed by atoms with Gasteiger partial charge in [0.15, 0.2) is 11.6 Å². The molecular formula is C9H11ClFNO2. The Morgan fingerprint density at radius 3 is 2.64 bits per heavy atom. The van der Waals surface area contributed by atoms with Gasteiger partial charge in [0.25, 0.3) is 0 Å². The van der Waals surface area contributed by atoms with E-state index in [2.05, 4.69) is 0 Å². The van der Waals surface area contributed by atoms with Gasteiger partial charge in [-0.25, -0.2) is 4.39 Å². The highest BCUT2D eigenvalue weighted by atomic mass is 35.5. The van der Waals surface area contributed by atoms with Gasteiger partial charge in [-0.3, -0.25) is 0 Å². The average molecular weight is 220 g/mol. The summed E-state index contributed by atoms with van der Waals surface area (Å²) in [5.41, 5.74) is 5.27. The summed E-state index contributed by atoms with van der Waals surface area (Å²) in [4.78, 5) is 0. The summed E-state index contributed by atoms with van der Waals surface area (Å²) in [6.45, 7) is 0.381. The van der Waals surface area contributed by atoms with Gasteiger partial charge in [-0.1, -0.05) is 11.6 Å². The van der Waals surface area contributed by atoms with Gasteiger partial charge < -0.3 is 15.9 Å². The number of phenols is 2. The van der Waals surface area contributed by atoms with Crippen LogP contribution in [-0.2, 0) is 6.42 Å². The van der Waals surface area contributed by atoms with Gasteiger partial charge in [0.05, 0.1) is 5.02 Å². The molecule has 0 saturated heterocycles. The maximum absolute atomic E-state index is 13.3. The zero-order valence-corrected chi connectivity index (χ0v) is 8.18. The van der Waals surface area contributed by atoms with Gasteiger partial charge in [0.2, 0.25) is 0 Å². The molecule has 1 rings (SSSR count). The summed E-state index contributed by atoms with van der Waals surface area (Å²) < 4.78 is 13.3. The van der Waals surface area contributed by atoms with Crippen molar-refractivity contribution in [2.75, 3.05) is 6.54 Å². The molecule has 14 heavy (non-hydrogen) atoms. The Labute approximate surface area is 85.9 Å². The molecule has 0 amide bonds. The molecule has 4 N–H and O–H groups in total. The van der Waals surface area contributed by atoms with Crippen LogP contribution >= 0.6 is 11.6 Å². The number of hydrogen-bond acceptors (Lipinski definition) is 3. The lowest BCUT2D eigenvalue weighted by Crippen LogP contribution is -2.02. The van der Waals surface area contributed by atoms with E-state index < -0.39 is 11.6 Å². The highest BCUT2D eigenvalue weighted by Gasteiger charge is 2.15. The first-order chi connectivity index (χ1) is 6.57. The number of phenolic OH excluding ortho intramolecular Hbond substituents is 2. The first-order valence-electron chi connectivity index (χ1n) is 4.16. The average Bonchev–Trinajstić information content (AvgIpc) is 2.15. The first-order valence-corrected chi connectivity index (χ1v) is 4.54. The minimum Gasteiger partial charge on any atom is -0.506 e. The van der Waals surface area contributed by atoms with Gasteiger partial charge in [-0.2, -0.15) is 0 Å². The maximum Gasteiger partial charge on any atom is 0.171 e. The quantitative estimate of drug-likeness (QED) is 0.679. The maximum atomic E-state index is 13.3. The fraction of sp³-hybridized carbons (Fsp3) is 0.333. The number of benzene rings is 1. The minimum atomic E-state index is -0.833. The van der Waals surface area contributed by atoms with E-state index in [9.17, 15) is 9.50 Å². The molecule has 1 aromatic rings. The van der Waals surface area contributed by atoms with Crippen LogP contribution in [0, 0.1) is 5.82 Å². The molecule has 5 heteroatoms. The van der Waals surface area contributed by atoms with Crippen LogP contribution in [0.1, 0.15) is 12.0 Å². The van der Waals surface area contributed by atoms with Crippen LogP contribution < -0.4 is 5.73 Å². The highest BCUT2D eigenvalue weighted by molar-refractivity contribution is 6.32. The van der Waals surface area contributed by atoms with Crippen LogP contribution in [0.2, 0.25) is 5.02 Å². The van der Waals surface area contributed by atoms with E-state index in [4.69, 9.17) is 22.4 Å². The van der Waals surface area contributed by atoms with Crippen molar-refractivity contribution in [1.82, 2.24) is 0 Å². The Morgan fingerprint density at radius 2 is 2.07 bits per heavy atom. The van der Waals surface area contributed by atoms with Crippen molar-refractivity contribution in [3.63, 3.8) is 0 Å². The van der Waals surface area contributed by atoms with Crippen LogP contribution in [0.3, 0.4) is 0 Å². The molecule has 0 aliphatic heterocycles. The Morgan fingerprint density at radius 1 is 1.43 bits per heavy atom. The van der Waals surface area contributed by atoms with E-state index in [1.54, 1.807) is 0 Å². The molecule has 0 unspecified atom stereocenters. The highest BCUT2D eigenvalue weighted by Crippen LogP contribution is 2.35. The first kappa shape index (κ1) is 11.1. The molecule has 0 aliphatic rings. The van der Waals surface area contributed by atoms with Gasteiger partial charge >= 0.3 is 0 Å². The number of aromatic hydroxyl groups is 2. The molecular weight excluding hydrogens is 209 g/mol. The number of rotatable bonds is 3. The third-order valence-corrected chi connectivity index (χ3v) is 2.18. The van der Waals surface area contributed by atoms with Gasteiger partial charge in [-0.05, 0) is 19.4 Å². The molecule has 0 heterocycles. The van der Waals surface area contributed by atoms with E-state index in [1.165, 1.54) is 0 Å². The van der Waals surface area contributed by atoms with Gasteiger partial charge in [0, 0.05) is 11.6 Å². The molecule has 0 aromatic heterocycles. The second-order valence-electron chi connectivity index (χ2n) is 2.91. The van der Waals surface area contributed by atoms with Crippen molar-refractivity contribution in [3.05, 3.63) is 22.5 Å². The molecule has 0 fully saturated rings. The van der Waals surface area contributed by atoms with Crippen LogP contribution in [0.25, 0.3) is 0 Å². The minimum absolute atomic E-state index is 0.0143. The lowest BCUT2D eigenvalue weighted by molar-refractivity contribution is 0.413. The summed E-state index contributed by atoms with van der Waals surface area (Å²) in [7, 11) is 0. The third-order valence-electron chi connectivity index (χ3n) is 1.90. The van der Waals surface area contributed by atoms with Crippen molar-refractivity contribution in [2.24, 2.45) is 5.73 Å². The van der Waals surface area contributed by atoms with E-state index in [0.717, 1.165) is 6.07 Å². The zero-order chi connectivity index (χ0) is 10.7. The predicted molar refractivity (Wildman–Crippen MR) is 52.1 cm³/mol. The molecule has 1 aromatic carbocycles. The second-order valence-corrected chi connectivity index (χ2v) is 3.32. The van der Waals surface area contributed by atoms with E-state index in [0.29, 0.717) is 13.0 Å². The second kappa shape index (κ2) is 4.48. The summed E-state index contributed by atoms with van der Waals surface area (Å²) in [6.07, 6.45) is 0.770. The van der Waals surface area contributed by atoms with Crippen molar-refractivity contribution >= 4 is 11.6 Å². The molecule has 0 aliphatic carbocycles. The molecule has 0 spiro atoms.